The molecule has 1 aliphatic heterocycles. The van der Waals surface area contributed by atoms with E-state index in [2.05, 4.69) is 5.32 Å². The number of sulfonamides is 1. The van der Waals surface area contributed by atoms with Crippen molar-refractivity contribution in [1.82, 2.24) is 8.87 Å². The van der Waals surface area contributed by atoms with Gasteiger partial charge in [0.1, 0.15) is 10.5 Å². The van der Waals surface area contributed by atoms with Gasteiger partial charge in [0.25, 0.3) is 0 Å². The van der Waals surface area contributed by atoms with Crippen molar-refractivity contribution in [3.05, 3.63) is 46.3 Å². The van der Waals surface area contributed by atoms with Gasteiger partial charge in [0.2, 0.25) is 15.9 Å². The molecule has 0 saturated carbocycles. The molecule has 33 heavy (non-hydrogen) atoms. The Balaban J connectivity index is 1.76. The molecule has 0 atom stereocenters. The molecular formula is C24H33N3O5S. The zero-order chi connectivity index (χ0) is 24.5. The Hall–Kier alpha value is -2.65. The van der Waals surface area contributed by atoms with Gasteiger partial charge in [-0.3, -0.25) is 4.79 Å². The summed E-state index contributed by atoms with van der Waals surface area (Å²) in [7, 11) is -2.19. The van der Waals surface area contributed by atoms with Crippen LogP contribution in [0.15, 0.2) is 23.1 Å². The number of amides is 1. The maximum Gasteiger partial charge on any atom is 0.341 e. The van der Waals surface area contributed by atoms with Gasteiger partial charge in [-0.15, -0.1) is 0 Å². The summed E-state index contributed by atoms with van der Waals surface area (Å²) in [6.45, 7) is 9.67. The van der Waals surface area contributed by atoms with E-state index in [1.807, 2.05) is 32.0 Å². The minimum Gasteiger partial charge on any atom is -0.462 e. The fraction of sp³-hybridized carbons (Fsp3) is 0.500. The van der Waals surface area contributed by atoms with Gasteiger partial charge < -0.3 is 14.6 Å². The number of anilines is 1. The fourth-order valence-electron chi connectivity index (χ4n) is 4.23. The van der Waals surface area contributed by atoms with E-state index in [0.29, 0.717) is 24.2 Å². The highest BCUT2D eigenvalue weighted by molar-refractivity contribution is 7.89. The average molecular weight is 476 g/mol. The van der Waals surface area contributed by atoms with Crippen LogP contribution in [0.25, 0.3) is 0 Å². The van der Waals surface area contributed by atoms with Gasteiger partial charge in [-0.25, -0.2) is 13.2 Å². The predicted molar refractivity (Wildman–Crippen MR) is 127 cm³/mol. The smallest absolute Gasteiger partial charge is 0.341 e. The molecule has 8 nitrogen and oxygen atoms in total. The lowest BCUT2D eigenvalue weighted by molar-refractivity contribution is -0.120. The summed E-state index contributed by atoms with van der Waals surface area (Å²) in [6, 6.07) is 5.77. The molecule has 1 aromatic heterocycles. The van der Waals surface area contributed by atoms with Crippen LogP contribution in [0.4, 0.5) is 5.69 Å². The molecule has 0 spiro atoms. The largest absolute Gasteiger partial charge is 0.462 e. The quantitative estimate of drug-likeness (QED) is 0.645. The van der Waals surface area contributed by atoms with Gasteiger partial charge >= 0.3 is 5.97 Å². The number of nitrogens with one attached hydrogen (secondary N) is 1. The molecule has 1 N–H and O–H groups in total. The van der Waals surface area contributed by atoms with E-state index in [9.17, 15) is 18.0 Å². The molecule has 0 radical (unpaired) electrons. The highest BCUT2D eigenvalue weighted by Crippen LogP contribution is 2.32. The van der Waals surface area contributed by atoms with E-state index < -0.39 is 16.0 Å². The number of nitrogens with zero attached hydrogens (tertiary/aromatic N) is 2. The Morgan fingerprint density at radius 3 is 2.27 bits per heavy atom. The number of hydrogen-bond donors (Lipinski definition) is 1. The third-order valence-electron chi connectivity index (χ3n) is 6.60. The normalized spacial score (nSPS) is 15.5. The minimum absolute atomic E-state index is 0.000942. The fourth-order valence-corrected chi connectivity index (χ4v) is 6.18. The molecule has 3 rings (SSSR count). The van der Waals surface area contributed by atoms with Crippen LogP contribution in [0.1, 0.15) is 52.6 Å². The second-order valence-corrected chi connectivity index (χ2v) is 10.5. The Bertz CT molecular complexity index is 1180. The lowest BCUT2D eigenvalue weighted by Crippen LogP contribution is -2.42. The molecule has 0 unspecified atom stereocenters. The summed E-state index contributed by atoms with van der Waals surface area (Å²) in [6.07, 6.45) is 0.824. The van der Waals surface area contributed by atoms with E-state index in [-0.39, 0.29) is 42.0 Å². The van der Waals surface area contributed by atoms with E-state index >= 15 is 0 Å². The molecule has 2 aromatic rings. The number of piperidine rings is 1. The van der Waals surface area contributed by atoms with E-state index in [1.54, 1.807) is 32.4 Å². The van der Waals surface area contributed by atoms with E-state index in [4.69, 9.17) is 4.74 Å². The second-order valence-electron chi connectivity index (χ2n) is 8.62. The zero-order valence-electron chi connectivity index (χ0n) is 20.2. The maximum atomic E-state index is 13.5. The van der Waals surface area contributed by atoms with Crippen molar-refractivity contribution in [2.24, 2.45) is 13.0 Å². The zero-order valence-corrected chi connectivity index (χ0v) is 21.0. The summed E-state index contributed by atoms with van der Waals surface area (Å²) in [5.41, 5.74) is 4.12. The van der Waals surface area contributed by atoms with Gasteiger partial charge in [-0.05, 0) is 70.7 Å². The summed E-state index contributed by atoms with van der Waals surface area (Å²) in [4.78, 5) is 25.3. The number of benzene rings is 1. The average Bonchev–Trinajstić information content (AvgIpc) is 3.01. The Morgan fingerprint density at radius 2 is 1.70 bits per heavy atom. The molecule has 1 saturated heterocycles. The number of esters is 1. The van der Waals surface area contributed by atoms with Crippen molar-refractivity contribution in [2.75, 3.05) is 25.0 Å². The molecule has 1 aliphatic rings. The monoisotopic (exact) mass is 475 g/mol. The molecule has 9 heteroatoms. The molecule has 1 amide bonds. The van der Waals surface area contributed by atoms with E-state index in [0.717, 1.165) is 16.8 Å². The first-order valence-corrected chi connectivity index (χ1v) is 12.6. The number of carbonyl (C=O) groups is 2. The van der Waals surface area contributed by atoms with Crippen LogP contribution in [0.5, 0.6) is 0 Å². The van der Waals surface area contributed by atoms with Gasteiger partial charge in [0, 0.05) is 43.1 Å². The van der Waals surface area contributed by atoms with Crippen LogP contribution in [-0.2, 0) is 26.6 Å². The number of rotatable bonds is 6. The van der Waals surface area contributed by atoms with Crippen LogP contribution in [0.2, 0.25) is 0 Å². The van der Waals surface area contributed by atoms with Crippen molar-refractivity contribution < 1.29 is 22.7 Å². The Kier molecular flexibility index (Phi) is 7.33. The van der Waals surface area contributed by atoms with Crippen molar-refractivity contribution >= 4 is 27.6 Å². The minimum atomic E-state index is -3.93. The first-order valence-electron chi connectivity index (χ1n) is 11.2. The third-order valence-corrected chi connectivity index (χ3v) is 8.66. The Labute approximate surface area is 196 Å². The summed E-state index contributed by atoms with van der Waals surface area (Å²) < 4.78 is 35.3. The first kappa shape index (κ1) is 25.0. The summed E-state index contributed by atoms with van der Waals surface area (Å²) in [5, 5.41) is 2.95. The topological polar surface area (TPSA) is 97.7 Å². The van der Waals surface area contributed by atoms with Crippen LogP contribution in [0.3, 0.4) is 0 Å². The summed E-state index contributed by atoms with van der Waals surface area (Å²) in [5.74, 6) is -1.02. The van der Waals surface area contributed by atoms with Gasteiger partial charge in [-0.1, -0.05) is 6.07 Å². The number of carbonyl (C=O) groups excluding carboxylic acids is 2. The molecule has 180 valence electrons. The molecule has 1 aromatic carbocycles. The standard InChI is InChI=1S/C24H33N3O5S/c1-7-32-24(29)21-17(4)26(6)18(5)22(21)33(30,31)27-12-10-19(11-13-27)23(28)25-20-9-8-15(2)16(3)14-20/h8-9,14,19H,7,10-13H2,1-6H3,(H,25,28). The summed E-state index contributed by atoms with van der Waals surface area (Å²) >= 11 is 0. The second kappa shape index (κ2) is 9.69. The number of aryl methyl sites for hydroxylation is 2. The molecule has 2 heterocycles. The lowest BCUT2D eigenvalue weighted by Gasteiger charge is -2.30. The Morgan fingerprint density at radius 1 is 1.06 bits per heavy atom. The van der Waals surface area contributed by atoms with Gasteiger partial charge in [0.05, 0.1) is 6.61 Å². The molecular weight excluding hydrogens is 442 g/mol. The van der Waals surface area contributed by atoms with Crippen molar-refractivity contribution in [3.8, 4) is 0 Å². The predicted octanol–water partition coefficient (Wildman–Crippen LogP) is 3.47. The maximum absolute atomic E-state index is 13.5. The first-order chi connectivity index (χ1) is 15.5. The number of hydrogen-bond acceptors (Lipinski definition) is 5. The number of aromatic nitrogens is 1. The van der Waals surface area contributed by atoms with Gasteiger partial charge in [-0.2, -0.15) is 4.31 Å². The highest BCUT2D eigenvalue weighted by Gasteiger charge is 2.38. The van der Waals surface area contributed by atoms with E-state index in [1.165, 1.54) is 4.31 Å². The molecule has 1 fully saturated rings. The van der Waals surface area contributed by atoms with Crippen LogP contribution < -0.4 is 5.32 Å². The van der Waals surface area contributed by atoms with Crippen LogP contribution in [0, 0.1) is 33.6 Å². The molecule has 0 bridgehead atoms. The van der Waals surface area contributed by atoms with Gasteiger partial charge in [0.15, 0.2) is 0 Å². The lowest BCUT2D eigenvalue weighted by atomic mass is 9.97. The number of ether oxygens (including phenoxy) is 1. The van der Waals surface area contributed by atoms with Crippen molar-refractivity contribution in [1.29, 1.82) is 0 Å². The van der Waals surface area contributed by atoms with Crippen molar-refractivity contribution in [3.63, 3.8) is 0 Å². The van der Waals surface area contributed by atoms with Crippen LogP contribution >= 0.6 is 0 Å². The van der Waals surface area contributed by atoms with Crippen molar-refractivity contribution in [2.45, 2.75) is 52.4 Å². The highest BCUT2D eigenvalue weighted by atomic mass is 32.2. The van der Waals surface area contributed by atoms with Crippen LogP contribution in [-0.4, -0.2) is 48.9 Å². The third kappa shape index (κ3) is 4.84. The molecule has 0 aliphatic carbocycles. The SMILES string of the molecule is CCOC(=O)c1c(S(=O)(=O)N2CCC(C(=O)Nc3ccc(C)c(C)c3)CC2)c(C)n(C)c1C.